The minimum absolute atomic E-state index is 0.0929. The van der Waals surface area contributed by atoms with Crippen LogP contribution in [-0.2, 0) is 12.8 Å². The number of ether oxygens (including phenoxy) is 1. The first-order valence-electron chi connectivity index (χ1n) is 5.45. The molecule has 3 nitrogen and oxygen atoms in total. The van der Waals surface area contributed by atoms with Gasteiger partial charge in [-0.3, -0.25) is 4.98 Å². The third kappa shape index (κ3) is 3.37. The molecular formula is C13H11F3N2O. The first kappa shape index (κ1) is 13.2. The highest BCUT2D eigenvalue weighted by Crippen LogP contribution is 2.31. The molecular weight excluding hydrogens is 257 g/mol. The van der Waals surface area contributed by atoms with Gasteiger partial charge >= 0.3 is 6.18 Å². The normalized spacial score (nSPS) is 11.3. The Bertz CT molecular complexity index is 570. The first-order chi connectivity index (χ1) is 8.97. The molecule has 0 aliphatic heterocycles. The standard InChI is InChI=1S/C13H11F3N2O/c14-13(15,16)10-2-1-3-11(6-10)19-8-9-4-5-18-7-12(9)17/h1-7H,8,17H2. The Labute approximate surface area is 107 Å². The molecule has 100 valence electrons. The Morgan fingerprint density at radius 1 is 1.21 bits per heavy atom. The van der Waals surface area contributed by atoms with Gasteiger partial charge in [-0.15, -0.1) is 0 Å². The molecule has 0 atom stereocenters. The van der Waals surface area contributed by atoms with Crippen molar-refractivity contribution in [1.82, 2.24) is 4.98 Å². The summed E-state index contributed by atoms with van der Waals surface area (Å²) in [6, 6.07) is 6.37. The van der Waals surface area contributed by atoms with Crippen LogP contribution in [0.3, 0.4) is 0 Å². The smallest absolute Gasteiger partial charge is 0.416 e. The minimum atomic E-state index is -4.38. The monoisotopic (exact) mass is 268 g/mol. The second kappa shape index (κ2) is 5.17. The minimum Gasteiger partial charge on any atom is -0.489 e. The largest absolute Gasteiger partial charge is 0.489 e. The topological polar surface area (TPSA) is 48.1 Å². The number of pyridine rings is 1. The Balaban J connectivity index is 2.10. The van der Waals surface area contributed by atoms with Gasteiger partial charge in [-0.25, -0.2) is 0 Å². The molecule has 2 aromatic rings. The summed E-state index contributed by atoms with van der Waals surface area (Å²) >= 11 is 0. The molecule has 2 N–H and O–H groups in total. The van der Waals surface area contributed by atoms with Crippen LogP contribution >= 0.6 is 0 Å². The van der Waals surface area contributed by atoms with Crippen LogP contribution in [-0.4, -0.2) is 4.98 Å². The second-order valence-electron chi connectivity index (χ2n) is 3.89. The number of halogens is 3. The molecule has 1 heterocycles. The number of nitrogen functional groups attached to an aromatic ring is 1. The van der Waals surface area contributed by atoms with Gasteiger partial charge in [0.2, 0.25) is 0 Å². The van der Waals surface area contributed by atoms with Crippen LogP contribution in [0.5, 0.6) is 5.75 Å². The third-order valence-corrected chi connectivity index (χ3v) is 2.50. The maximum absolute atomic E-state index is 12.5. The molecule has 0 spiro atoms. The van der Waals surface area contributed by atoms with Gasteiger partial charge < -0.3 is 10.5 Å². The van der Waals surface area contributed by atoms with Crippen molar-refractivity contribution in [2.45, 2.75) is 12.8 Å². The Hall–Kier alpha value is -2.24. The number of benzene rings is 1. The zero-order chi connectivity index (χ0) is 13.9. The maximum Gasteiger partial charge on any atom is 0.416 e. The Morgan fingerprint density at radius 2 is 2.00 bits per heavy atom. The molecule has 0 aliphatic rings. The van der Waals surface area contributed by atoms with E-state index >= 15 is 0 Å². The zero-order valence-electron chi connectivity index (χ0n) is 9.82. The van der Waals surface area contributed by atoms with Crippen molar-refractivity contribution in [3.63, 3.8) is 0 Å². The van der Waals surface area contributed by atoms with Gasteiger partial charge in [-0.05, 0) is 24.3 Å². The van der Waals surface area contributed by atoms with Gasteiger partial charge in [0.1, 0.15) is 12.4 Å². The average molecular weight is 268 g/mol. The van der Waals surface area contributed by atoms with Crippen LogP contribution in [0.15, 0.2) is 42.7 Å². The molecule has 1 aromatic heterocycles. The van der Waals surface area contributed by atoms with Gasteiger partial charge in [0.25, 0.3) is 0 Å². The molecule has 2 rings (SSSR count). The molecule has 0 radical (unpaired) electrons. The number of nitrogens with zero attached hydrogens (tertiary/aromatic N) is 1. The first-order valence-corrected chi connectivity index (χ1v) is 5.45. The van der Waals surface area contributed by atoms with Crippen LogP contribution in [0.25, 0.3) is 0 Å². The highest BCUT2D eigenvalue weighted by molar-refractivity contribution is 5.43. The summed E-state index contributed by atoms with van der Waals surface area (Å²) in [5.74, 6) is 0.144. The van der Waals surface area contributed by atoms with Crippen molar-refractivity contribution in [3.8, 4) is 5.75 Å². The lowest BCUT2D eigenvalue weighted by atomic mass is 10.2. The van der Waals surface area contributed by atoms with Gasteiger partial charge in [0.15, 0.2) is 0 Å². The quantitative estimate of drug-likeness (QED) is 0.929. The van der Waals surface area contributed by atoms with E-state index in [2.05, 4.69) is 4.98 Å². The summed E-state index contributed by atoms with van der Waals surface area (Å²) in [7, 11) is 0. The summed E-state index contributed by atoms with van der Waals surface area (Å²) in [6.45, 7) is 0.0929. The van der Waals surface area contributed by atoms with Gasteiger partial charge in [0, 0.05) is 11.8 Å². The van der Waals surface area contributed by atoms with Crippen molar-refractivity contribution in [1.29, 1.82) is 0 Å². The fraction of sp³-hybridized carbons (Fsp3) is 0.154. The molecule has 0 unspecified atom stereocenters. The van der Waals surface area contributed by atoms with Crippen molar-refractivity contribution in [2.75, 3.05) is 5.73 Å². The molecule has 19 heavy (non-hydrogen) atoms. The van der Waals surface area contributed by atoms with E-state index in [1.165, 1.54) is 18.3 Å². The Morgan fingerprint density at radius 3 is 2.68 bits per heavy atom. The van der Waals surface area contributed by atoms with Crippen molar-refractivity contribution >= 4 is 5.69 Å². The molecule has 0 saturated carbocycles. The van der Waals surface area contributed by atoms with E-state index in [1.807, 2.05) is 0 Å². The molecule has 6 heteroatoms. The summed E-state index contributed by atoms with van der Waals surface area (Å²) in [5, 5.41) is 0. The molecule has 0 amide bonds. The molecule has 0 saturated heterocycles. The number of hydrogen-bond donors (Lipinski definition) is 1. The lowest BCUT2D eigenvalue weighted by molar-refractivity contribution is -0.137. The van der Waals surface area contributed by atoms with Gasteiger partial charge in [-0.1, -0.05) is 6.07 Å². The number of anilines is 1. The average Bonchev–Trinajstić information content (AvgIpc) is 2.37. The number of aromatic nitrogens is 1. The highest BCUT2D eigenvalue weighted by Gasteiger charge is 2.30. The van der Waals surface area contributed by atoms with Crippen LogP contribution < -0.4 is 10.5 Å². The van der Waals surface area contributed by atoms with E-state index in [-0.39, 0.29) is 12.4 Å². The second-order valence-corrected chi connectivity index (χ2v) is 3.89. The van der Waals surface area contributed by atoms with Crippen LogP contribution in [0.4, 0.5) is 18.9 Å². The fourth-order valence-electron chi connectivity index (χ4n) is 1.49. The lowest BCUT2D eigenvalue weighted by Crippen LogP contribution is -2.05. The maximum atomic E-state index is 12.5. The summed E-state index contributed by atoms with van der Waals surface area (Å²) in [5.41, 5.74) is 6.03. The van der Waals surface area contributed by atoms with Crippen LogP contribution in [0.2, 0.25) is 0 Å². The van der Waals surface area contributed by atoms with E-state index in [1.54, 1.807) is 12.3 Å². The van der Waals surface area contributed by atoms with E-state index in [9.17, 15) is 13.2 Å². The third-order valence-electron chi connectivity index (χ3n) is 2.50. The predicted molar refractivity (Wildman–Crippen MR) is 64.4 cm³/mol. The number of nitrogens with two attached hydrogens (primary N) is 1. The fourth-order valence-corrected chi connectivity index (χ4v) is 1.49. The predicted octanol–water partition coefficient (Wildman–Crippen LogP) is 3.26. The zero-order valence-corrected chi connectivity index (χ0v) is 9.82. The number of rotatable bonds is 3. The number of hydrogen-bond acceptors (Lipinski definition) is 3. The number of alkyl halides is 3. The molecule has 0 bridgehead atoms. The SMILES string of the molecule is Nc1cnccc1COc1cccc(C(F)(F)F)c1. The summed E-state index contributed by atoms with van der Waals surface area (Å²) in [4.78, 5) is 3.82. The van der Waals surface area contributed by atoms with E-state index in [0.29, 0.717) is 11.3 Å². The molecule has 0 aliphatic carbocycles. The highest BCUT2D eigenvalue weighted by atomic mass is 19.4. The Kier molecular flexibility index (Phi) is 3.59. The molecule has 1 aromatic carbocycles. The van der Waals surface area contributed by atoms with E-state index in [0.717, 1.165) is 12.1 Å². The van der Waals surface area contributed by atoms with E-state index in [4.69, 9.17) is 10.5 Å². The van der Waals surface area contributed by atoms with Crippen LogP contribution in [0, 0.1) is 0 Å². The van der Waals surface area contributed by atoms with Gasteiger partial charge in [-0.2, -0.15) is 13.2 Å². The lowest BCUT2D eigenvalue weighted by Gasteiger charge is -2.11. The van der Waals surface area contributed by atoms with Crippen molar-refractivity contribution < 1.29 is 17.9 Å². The van der Waals surface area contributed by atoms with Crippen LogP contribution in [0.1, 0.15) is 11.1 Å². The summed E-state index contributed by atoms with van der Waals surface area (Å²) < 4.78 is 42.8. The molecule has 0 fully saturated rings. The van der Waals surface area contributed by atoms with Gasteiger partial charge in [0.05, 0.1) is 17.4 Å². The van der Waals surface area contributed by atoms with E-state index < -0.39 is 11.7 Å². The van der Waals surface area contributed by atoms with Crippen molar-refractivity contribution in [3.05, 3.63) is 53.9 Å². The van der Waals surface area contributed by atoms with Crippen molar-refractivity contribution in [2.24, 2.45) is 0 Å². The summed E-state index contributed by atoms with van der Waals surface area (Å²) in [6.07, 6.45) is -1.37.